The minimum atomic E-state index is -0.228. The first kappa shape index (κ1) is 20.6. The first-order valence-corrected chi connectivity index (χ1v) is 10.0. The second kappa shape index (κ2) is 8.45. The van der Waals surface area contributed by atoms with Crippen molar-refractivity contribution in [2.45, 2.75) is 32.3 Å². The van der Waals surface area contributed by atoms with Gasteiger partial charge in [0.15, 0.2) is 0 Å². The highest BCUT2D eigenvalue weighted by molar-refractivity contribution is 8.00. The molecule has 0 aliphatic carbocycles. The highest BCUT2D eigenvalue weighted by Crippen LogP contribution is 2.26. The van der Waals surface area contributed by atoms with Gasteiger partial charge in [-0.15, -0.1) is 0 Å². The number of nitriles is 1. The maximum atomic E-state index is 12.6. The molecule has 0 fully saturated rings. The quantitative estimate of drug-likeness (QED) is 0.653. The van der Waals surface area contributed by atoms with Crippen LogP contribution in [0.25, 0.3) is 10.9 Å². The molecular formula is C21H21N5O2S. The highest BCUT2D eigenvalue weighted by atomic mass is 32.2. The predicted molar refractivity (Wildman–Crippen MR) is 113 cm³/mol. The van der Waals surface area contributed by atoms with Crippen LogP contribution in [0.5, 0.6) is 0 Å². The van der Waals surface area contributed by atoms with Gasteiger partial charge in [-0.1, -0.05) is 23.9 Å². The molecule has 7 nitrogen and oxygen atoms in total. The van der Waals surface area contributed by atoms with Crippen molar-refractivity contribution in [3.8, 4) is 6.07 Å². The van der Waals surface area contributed by atoms with Crippen molar-refractivity contribution in [2.24, 2.45) is 0 Å². The molecule has 0 bridgehead atoms. The van der Waals surface area contributed by atoms with Crippen molar-refractivity contribution >= 4 is 28.6 Å². The molecule has 0 spiro atoms. The van der Waals surface area contributed by atoms with Crippen LogP contribution in [0.1, 0.15) is 28.2 Å². The summed E-state index contributed by atoms with van der Waals surface area (Å²) in [6.07, 6.45) is 0. The second-order valence-electron chi connectivity index (χ2n) is 6.81. The van der Waals surface area contributed by atoms with Gasteiger partial charge in [0.1, 0.15) is 16.9 Å². The number of benzene rings is 1. The molecular weight excluding hydrogens is 386 g/mol. The summed E-state index contributed by atoms with van der Waals surface area (Å²) < 4.78 is 0. The van der Waals surface area contributed by atoms with Gasteiger partial charge in [0, 0.05) is 12.7 Å². The Morgan fingerprint density at radius 1 is 1.21 bits per heavy atom. The maximum absolute atomic E-state index is 12.6. The summed E-state index contributed by atoms with van der Waals surface area (Å²) in [5.41, 5.74) is 3.60. The van der Waals surface area contributed by atoms with Crippen LogP contribution >= 0.6 is 11.8 Å². The van der Waals surface area contributed by atoms with Crippen LogP contribution < -0.4 is 5.56 Å². The summed E-state index contributed by atoms with van der Waals surface area (Å²) in [7, 11) is 1.66. The molecule has 1 aromatic carbocycles. The monoisotopic (exact) mass is 407 g/mol. The van der Waals surface area contributed by atoms with Crippen LogP contribution in [0.3, 0.4) is 0 Å². The number of carbonyl (C=O) groups excluding carboxylic acids is 1. The number of para-hydroxylation sites is 1. The van der Waals surface area contributed by atoms with Crippen molar-refractivity contribution in [1.82, 2.24) is 19.9 Å². The van der Waals surface area contributed by atoms with Crippen molar-refractivity contribution < 1.29 is 4.79 Å². The zero-order valence-corrected chi connectivity index (χ0v) is 17.6. The van der Waals surface area contributed by atoms with Crippen molar-refractivity contribution in [2.75, 3.05) is 12.8 Å². The van der Waals surface area contributed by atoms with E-state index in [1.165, 1.54) is 16.7 Å². The number of nitrogens with one attached hydrogen (secondary N) is 1. The minimum absolute atomic E-state index is 0.137. The van der Waals surface area contributed by atoms with E-state index in [2.05, 4.69) is 21.0 Å². The number of H-pyrrole nitrogens is 1. The molecule has 2 heterocycles. The van der Waals surface area contributed by atoms with E-state index in [0.29, 0.717) is 27.3 Å². The first-order valence-electron chi connectivity index (χ1n) is 9.04. The van der Waals surface area contributed by atoms with E-state index in [-0.39, 0.29) is 23.8 Å². The third-order valence-electron chi connectivity index (χ3n) is 4.88. The van der Waals surface area contributed by atoms with Gasteiger partial charge < -0.3 is 9.88 Å². The fraction of sp³-hybridized carbons (Fsp3) is 0.286. The van der Waals surface area contributed by atoms with Gasteiger partial charge in [0.2, 0.25) is 5.91 Å². The number of aryl methyl sites for hydroxylation is 1. The lowest BCUT2D eigenvalue weighted by atomic mass is 10.1. The van der Waals surface area contributed by atoms with Crippen molar-refractivity contribution in [1.29, 1.82) is 5.26 Å². The molecule has 0 atom stereocenters. The molecule has 0 radical (unpaired) electrons. The minimum Gasteiger partial charge on any atom is -0.338 e. The Labute approximate surface area is 172 Å². The van der Waals surface area contributed by atoms with Crippen LogP contribution in [-0.2, 0) is 11.3 Å². The molecule has 8 heteroatoms. The molecule has 148 valence electrons. The first-order chi connectivity index (χ1) is 13.8. The molecule has 0 aliphatic rings. The molecule has 0 unspecified atom stereocenters. The van der Waals surface area contributed by atoms with Gasteiger partial charge in [-0.3, -0.25) is 9.59 Å². The van der Waals surface area contributed by atoms with E-state index in [0.717, 1.165) is 16.8 Å². The van der Waals surface area contributed by atoms with Crippen LogP contribution in [0.15, 0.2) is 34.1 Å². The average Bonchev–Trinajstić information content (AvgIpc) is 2.70. The van der Waals surface area contributed by atoms with Gasteiger partial charge in [-0.25, -0.2) is 9.97 Å². The van der Waals surface area contributed by atoms with E-state index >= 15 is 0 Å². The number of thioether (sulfide) groups is 1. The Kier molecular flexibility index (Phi) is 5.99. The normalized spacial score (nSPS) is 10.7. The molecule has 29 heavy (non-hydrogen) atoms. The Hall–Kier alpha value is -3.18. The summed E-state index contributed by atoms with van der Waals surface area (Å²) in [5, 5.41) is 10.5. The zero-order valence-electron chi connectivity index (χ0n) is 16.7. The molecule has 3 rings (SSSR count). The number of pyridine rings is 1. The summed E-state index contributed by atoms with van der Waals surface area (Å²) in [6, 6.07) is 9.26. The molecule has 1 N–H and O–H groups in total. The molecule has 2 aromatic heterocycles. The molecule has 0 aliphatic heterocycles. The second-order valence-corrected chi connectivity index (χ2v) is 7.77. The number of rotatable bonds is 5. The highest BCUT2D eigenvalue weighted by Gasteiger charge is 2.17. The summed E-state index contributed by atoms with van der Waals surface area (Å²) in [6.45, 7) is 5.90. The predicted octanol–water partition coefficient (Wildman–Crippen LogP) is 2.87. The third kappa shape index (κ3) is 4.30. The molecule has 0 saturated heterocycles. The number of aromatic amines is 1. The molecule has 0 saturated carbocycles. The van der Waals surface area contributed by atoms with Gasteiger partial charge in [0.25, 0.3) is 5.56 Å². The number of carbonyl (C=O) groups is 1. The van der Waals surface area contributed by atoms with Crippen molar-refractivity contribution in [3.05, 3.63) is 62.8 Å². The van der Waals surface area contributed by atoms with E-state index in [9.17, 15) is 14.9 Å². The standard InChI is InChI=1S/C21H21N5O2S/c1-12-13(2)16(9-22)21(23-14(12)3)29-11-19(27)26(4)10-18-24-17-8-6-5-7-15(17)20(28)25-18/h5-8H,10-11H2,1-4H3,(H,24,25,28). The van der Waals surface area contributed by atoms with Crippen LogP contribution in [0.2, 0.25) is 0 Å². The van der Waals surface area contributed by atoms with E-state index < -0.39 is 0 Å². The third-order valence-corrected chi connectivity index (χ3v) is 5.84. The maximum Gasteiger partial charge on any atom is 0.258 e. The summed E-state index contributed by atoms with van der Waals surface area (Å²) >= 11 is 1.24. The number of hydrogen-bond donors (Lipinski definition) is 1. The van der Waals surface area contributed by atoms with Gasteiger partial charge in [0.05, 0.1) is 28.8 Å². The van der Waals surface area contributed by atoms with E-state index in [4.69, 9.17) is 0 Å². The van der Waals surface area contributed by atoms with Crippen LogP contribution in [0, 0.1) is 32.1 Å². The largest absolute Gasteiger partial charge is 0.338 e. The number of nitrogens with zero attached hydrogens (tertiary/aromatic N) is 4. The Morgan fingerprint density at radius 3 is 2.66 bits per heavy atom. The average molecular weight is 407 g/mol. The van der Waals surface area contributed by atoms with E-state index in [1.807, 2.05) is 26.8 Å². The zero-order chi connectivity index (χ0) is 21.1. The smallest absolute Gasteiger partial charge is 0.258 e. The topological polar surface area (TPSA) is 103 Å². The van der Waals surface area contributed by atoms with Gasteiger partial charge in [-0.05, 0) is 44.0 Å². The summed E-state index contributed by atoms with van der Waals surface area (Å²) in [5.74, 6) is 0.414. The number of amides is 1. The number of fused-ring (bicyclic) bond motifs is 1. The lowest BCUT2D eigenvalue weighted by Crippen LogP contribution is -2.29. The Balaban J connectivity index is 1.72. The number of hydrogen-bond acceptors (Lipinski definition) is 6. The van der Waals surface area contributed by atoms with Crippen molar-refractivity contribution in [3.63, 3.8) is 0 Å². The molecule has 1 amide bonds. The van der Waals surface area contributed by atoms with Crippen LogP contribution in [0.4, 0.5) is 0 Å². The fourth-order valence-electron chi connectivity index (χ4n) is 2.91. The Morgan fingerprint density at radius 2 is 1.93 bits per heavy atom. The Bertz CT molecular complexity index is 1200. The molecule has 3 aromatic rings. The SMILES string of the molecule is Cc1nc(SCC(=O)N(C)Cc2nc3ccccc3c(=O)[nH]2)c(C#N)c(C)c1C. The van der Waals surface area contributed by atoms with E-state index in [1.54, 1.807) is 25.2 Å². The van der Waals surface area contributed by atoms with Crippen LogP contribution in [-0.4, -0.2) is 38.6 Å². The van der Waals surface area contributed by atoms with Gasteiger partial charge >= 0.3 is 0 Å². The number of aromatic nitrogens is 3. The van der Waals surface area contributed by atoms with Gasteiger partial charge in [-0.2, -0.15) is 5.26 Å². The lowest BCUT2D eigenvalue weighted by Gasteiger charge is -2.17. The summed E-state index contributed by atoms with van der Waals surface area (Å²) in [4.78, 5) is 37.9. The lowest BCUT2D eigenvalue weighted by molar-refractivity contribution is -0.127. The fourth-order valence-corrected chi connectivity index (χ4v) is 3.94.